The molecule has 0 aliphatic heterocycles. The Hall–Kier alpha value is -1.75. The van der Waals surface area contributed by atoms with Crippen molar-refractivity contribution in [1.82, 2.24) is 5.32 Å². The lowest BCUT2D eigenvalue weighted by Gasteiger charge is -2.16. The molecule has 2 unspecified atom stereocenters. The molecule has 0 saturated heterocycles. The highest BCUT2D eigenvalue weighted by molar-refractivity contribution is 5.99. The van der Waals surface area contributed by atoms with Gasteiger partial charge < -0.3 is 20.9 Å². The first kappa shape index (κ1) is 14.3. The number of ether oxygens (including phenoxy) is 1. The monoisotopic (exact) mass is 252 g/mol. The molecule has 0 saturated carbocycles. The number of nitrogen functional groups attached to an aromatic ring is 1. The van der Waals surface area contributed by atoms with E-state index in [2.05, 4.69) is 5.32 Å². The zero-order chi connectivity index (χ0) is 13.7. The lowest BCUT2D eigenvalue weighted by atomic mass is 10.1. The Bertz CT molecular complexity index is 419. The van der Waals surface area contributed by atoms with E-state index in [0.717, 1.165) is 0 Å². The maximum atomic E-state index is 11.9. The summed E-state index contributed by atoms with van der Waals surface area (Å²) in [5.74, 6) is 0.365. The molecule has 0 aliphatic rings. The van der Waals surface area contributed by atoms with Crippen molar-refractivity contribution >= 4 is 11.6 Å². The van der Waals surface area contributed by atoms with Crippen molar-refractivity contribution in [2.45, 2.75) is 32.4 Å². The van der Waals surface area contributed by atoms with Crippen LogP contribution in [0.15, 0.2) is 18.2 Å². The summed E-state index contributed by atoms with van der Waals surface area (Å²) < 4.78 is 5.02. The molecule has 0 radical (unpaired) electrons. The normalized spacial score (nSPS) is 13.8. The van der Waals surface area contributed by atoms with E-state index in [0.29, 0.717) is 23.4 Å². The lowest BCUT2D eigenvalue weighted by Crippen LogP contribution is -2.35. The standard InChI is InChI=1S/C13H20N2O3/c1-8(6-9(2)16)15-13(17)11-5-4-10(18-3)7-12(11)14/h4-5,7-9,16H,6,14H2,1-3H3,(H,15,17). The van der Waals surface area contributed by atoms with Gasteiger partial charge in [0, 0.05) is 17.8 Å². The molecule has 100 valence electrons. The van der Waals surface area contributed by atoms with Crippen molar-refractivity contribution in [3.8, 4) is 5.75 Å². The average molecular weight is 252 g/mol. The highest BCUT2D eigenvalue weighted by Gasteiger charge is 2.14. The Kier molecular flexibility index (Phi) is 4.97. The minimum atomic E-state index is -0.450. The Balaban J connectivity index is 2.72. The number of benzene rings is 1. The van der Waals surface area contributed by atoms with Crippen LogP contribution >= 0.6 is 0 Å². The van der Waals surface area contributed by atoms with Crippen LogP contribution in [0.1, 0.15) is 30.6 Å². The van der Waals surface area contributed by atoms with Gasteiger partial charge in [-0.05, 0) is 32.4 Å². The highest BCUT2D eigenvalue weighted by Crippen LogP contribution is 2.19. The molecule has 18 heavy (non-hydrogen) atoms. The van der Waals surface area contributed by atoms with Gasteiger partial charge in [0.25, 0.3) is 5.91 Å². The van der Waals surface area contributed by atoms with E-state index in [1.54, 1.807) is 32.2 Å². The summed E-state index contributed by atoms with van der Waals surface area (Å²) in [6, 6.07) is 4.80. The number of nitrogens with two attached hydrogens (primary N) is 1. The average Bonchev–Trinajstić information content (AvgIpc) is 2.27. The predicted octanol–water partition coefficient (Wildman–Crippen LogP) is 1.17. The van der Waals surface area contributed by atoms with E-state index in [4.69, 9.17) is 10.5 Å². The predicted molar refractivity (Wildman–Crippen MR) is 70.6 cm³/mol. The number of hydrogen-bond donors (Lipinski definition) is 3. The molecule has 0 fully saturated rings. The molecule has 0 bridgehead atoms. The number of nitrogens with one attached hydrogen (secondary N) is 1. The van der Waals surface area contributed by atoms with E-state index < -0.39 is 6.10 Å². The van der Waals surface area contributed by atoms with Crippen LogP contribution in [0.5, 0.6) is 5.75 Å². The number of anilines is 1. The Morgan fingerprint density at radius 2 is 2.17 bits per heavy atom. The van der Waals surface area contributed by atoms with E-state index in [-0.39, 0.29) is 11.9 Å². The minimum absolute atomic E-state index is 0.112. The quantitative estimate of drug-likeness (QED) is 0.687. The van der Waals surface area contributed by atoms with Crippen LogP contribution in [-0.4, -0.2) is 30.3 Å². The van der Waals surface area contributed by atoms with Crippen LogP contribution in [0.3, 0.4) is 0 Å². The first-order valence-electron chi connectivity index (χ1n) is 5.86. The van der Waals surface area contributed by atoms with Crippen LogP contribution in [0.4, 0.5) is 5.69 Å². The molecular formula is C13H20N2O3. The van der Waals surface area contributed by atoms with Gasteiger partial charge in [0.2, 0.25) is 0 Å². The number of aliphatic hydroxyl groups excluding tert-OH is 1. The summed E-state index contributed by atoms with van der Waals surface area (Å²) in [7, 11) is 1.54. The van der Waals surface area contributed by atoms with Gasteiger partial charge in [-0.25, -0.2) is 0 Å². The second kappa shape index (κ2) is 6.26. The Morgan fingerprint density at radius 1 is 1.50 bits per heavy atom. The molecular weight excluding hydrogens is 232 g/mol. The lowest BCUT2D eigenvalue weighted by molar-refractivity contribution is 0.0924. The number of aliphatic hydroxyl groups is 1. The van der Waals surface area contributed by atoms with Gasteiger partial charge in [0.05, 0.1) is 18.8 Å². The van der Waals surface area contributed by atoms with Crippen molar-refractivity contribution in [2.24, 2.45) is 0 Å². The van der Waals surface area contributed by atoms with Crippen LogP contribution in [0, 0.1) is 0 Å². The fourth-order valence-electron chi connectivity index (χ4n) is 1.75. The number of hydrogen-bond acceptors (Lipinski definition) is 4. The molecule has 2 atom stereocenters. The minimum Gasteiger partial charge on any atom is -0.497 e. The molecule has 1 aromatic rings. The molecule has 1 aromatic carbocycles. The van der Waals surface area contributed by atoms with Crippen molar-refractivity contribution in [1.29, 1.82) is 0 Å². The third kappa shape index (κ3) is 3.92. The summed E-state index contributed by atoms with van der Waals surface area (Å²) >= 11 is 0. The van der Waals surface area contributed by atoms with Crippen molar-refractivity contribution in [3.05, 3.63) is 23.8 Å². The van der Waals surface area contributed by atoms with Crippen LogP contribution < -0.4 is 15.8 Å². The highest BCUT2D eigenvalue weighted by atomic mass is 16.5. The van der Waals surface area contributed by atoms with Gasteiger partial charge in [0.1, 0.15) is 5.75 Å². The van der Waals surface area contributed by atoms with E-state index in [9.17, 15) is 9.90 Å². The topological polar surface area (TPSA) is 84.6 Å². The molecule has 5 heteroatoms. The molecule has 1 amide bonds. The molecule has 4 N–H and O–H groups in total. The number of carbonyl (C=O) groups excluding carboxylic acids is 1. The molecule has 0 aromatic heterocycles. The van der Waals surface area contributed by atoms with Gasteiger partial charge >= 0.3 is 0 Å². The summed E-state index contributed by atoms with van der Waals surface area (Å²) in [6.07, 6.45) is 0.0513. The largest absolute Gasteiger partial charge is 0.497 e. The second-order valence-electron chi connectivity index (χ2n) is 4.41. The van der Waals surface area contributed by atoms with E-state index >= 15 is 0 Å². The van der Waals surface area contributed by atoms with Gasteiger partial charge in [-0.15, -0.1) is 0 Å². The van der Waals surface area contributed by atoms with Gasteiger partial charge in [-0.2, -0.15) is 0 Å². The molecule has 0 aliphatic carbocycles. The summed E-state index contributed by atoms with van der Waals surface area (Å²) in [5.41, 5.74) is 6.57. The van der Waals surface area contributed by atoms with Crippen LogP contribution in [0.2, 0.25) is 0 Å². The third-order valence-electron chi connectivity index (χ3n) is 2.58. The smallest absolute Gasteiger partial charge is 0.253 e. The first-order chi connectivity index (χ1) is 8.43. The summed E-state index contributed by atoms with van der Waals surface area (Å²) in [6.45, 7) is 3.52. The Morgan fingerprint density at radius 3 is 2.67 bits per heavy atom. The van der Waals surface area contributed by atoms with Gasteiger partial charge in [-0.1, -0.05) is 0 Å². The maximum Gasteiger partial charge on any atom is 0.253 e. The summed E-state index contributed by atoms with van der Waals surface area (Å²) in [5, 5.41) is 12.0. The van der Waals surface area contributed by atoms with Crippen LogP contribution in [-0.2, 0) is 0 Å². The van der Waals surface area contributed by atoms with Crippen LogP contribution in [0.25, 0.3) is 0 Å². The Labute approximate surface area is 107 Å². The summed E-state index contributed by atoms with van der Waals surface area (Å²) in [4.78, 5) is 11.9. The SMILES string of the molecule is COc1ccc(C(=O)NC(C)CC(C)O)c(N)c1. The zero-order valence-corrected chi connectivity index (χ0v) is 10.9. The van der Waals surface area contributed by atoms with Crippen molar-refractivity contribution in [3.63, 3.8) is 0 Å². The molecule has 0 spiro atoms. The van der Waals surface area contributed by atoms with Crippen molar-refractivity contribution < 1.29 is 14.6 Å². The van der Waals surface area contributed by atoms with Gasteiger partial charge in [-0.3, -0.25) is 4.79 Å². The number of amides is 1. The number of carbonyl (C=O) groups is 1. The maximum absolute atomic E-state index is 11.9. The second-order valence-corrected chi connectivity index (χ2v) is 4.41. The van der Waals surface area contributed by atoms with Gasteiger partial charge in [0.15, 0.2) is 0 Å². The molecule has 0 heterocycles. The zero-order valence-electron chi connectivity index (χ0n) is 10.9. The number of rotatable bonds is 5. The first-order valence-corrected chi connectivity index (χ1v) is 5.86. The van der Waals surface area contributed by atoms with E-state index in [1.807, 2.05) is 6.92 Å². The fourth-order valence-corrected chi connectivity index (χ4v) is 1.75. The van der Waals surface area contributed by atoms with Crippen molar-refractivity contribution in [2.75, 3.05) is 12.8 Å². The molecule has 5 nitrogen and oxygen atoms in total. The molecule has 1 rings (SSSR count). The number of methoxy groups -OCH3 is 1. The third-order valence-corrected chi connectivity index (χ3v) is 2.58. The fraction of sp³-hybridized carbons (Fsp3) is 0.462. The van der Waals surface area contributed by atoms with E-state index in [1.165, 1.54) is 0 Å².